The highest BCUT2D eigenvalue weighted by molar-refractivity contribution is 6.33. The summed E-state index contributed by atoms with van der Waals surface area (Å²) in [6.45, 7) is 3.82. The van der Waals surface area contributed by atoms with Crippen LogP contribution in [0.5, 0.6) is 0 Å². The van der Waals surface area contributed by atoms with Crippen LogP contribution in [0.4, 0.5) is 5.69 Å². The molecule has 2 rings (SSSR count). The van der Waals surface area contributed by atoms with E-state index in [-0.39, 0.29) is 6.61 Å². The predicted octanol–water partition coefficient (Wildman–Crippen LogP) is 4.62. The van der Waals surface area contributed by atoms with Gasteiger partial charge in [-0.05, 0) is 49.2 Å². The van der Waals surface area contributed by atoms with Crippen LogP contribution in [-0.4, -0.2) is 11.7 Å². The molecule has 106 valence electrons. The molecule has 0 aliphatic heterocycles. The molecule has 20 heavy (non-hydrogen) atoms. The van der Waals surface area contributed by atoms with Gasteiger partial charge in [0.05, 0.1) is 12.1 Å². The van der Waals surface area contributed by atoms with E-state index in [4.69, 9.17) is 23.2 Å². The molecule has 4 heteroatoms. The number of nitrogens with one attached hydrogen (secondary N) is 1. The van der Waals surface area contributed by atoms with Crippen LogP contribution in [0.2, 0.25) is 10.0 Å². The number of aliphatic hydroxyl groups excluding tert-OH is 1. The van der Waals surface area contributed by atoms with Crippen LogP contribution < -0.4 is 5.32 Å². The Labute approximate surface area is 129 Å². The molecule has 0 aromatic heterocycles. The lowest BCUT2D eigenvalue weighted by Gasteiger charge is -2.32. The maximum absolute atomic E-state index is 9.84. The minimum atomic E-state index is -0.700. The van der Waals surface area contributed by atoms with Crippen molar-refractivity contribution in [2.75, 3.05) is 11.9 Å². The van der Waals surface area contributed by atoms with E-state index < -0.39 is 5.54 Å². The van der Waals surface area contributed by atoms with Gasteiger partial charge in [-0.1, -0.05) is 41.4 Å². The number of benzene rings is 2. The van der Waals surface area contributed by atoms with E-state index in [9.17, 15) is 5.11 Å². The first-order chi connectivity index (χ1) is 9.46. The second-order valence-corrected chi connectivity index (χ2v) is 5.90. The summed E-state index contributed by atoms with van der Waals surface area (Å²) in [6.07, 6.45) is 0. The van der Waals surface area contributed by atoms with Crippen LogP contribution in [0, 0.1) is 6.92 Å². The molecule has 2 nitrogen and oxygen atoms in total. The average molecular weight is 310 g/mol. The van der Waals surface area contributed by atoms with Gasteiger partial charge < -0.3 is 10.4 Å². The van der Waals surface area contributed by atoms with E-state index in [0.29, 0.717) is 10.0 Å². The summed E-state index contributed by atoms with van der Waals surface area (Å²) in [5.41, 5.74) is 2.14. The standard InChI is InChI=1S/C16H17Cl2NO/c1-11-5-3-4-6-15(11)19-16(2,10-20)13-9-12(17)7-8-14(13)18/h3-9,19-20H,10H2,1-2H3. The number of para-hydroxylation sites is 1. The van der Waals surface area contributed by atoms with Gasteiger partial charge in [0.1, 0.15) is 0 Å². The van der Waals surface area contributed by atoms with E-state index in [1.807, 2.05) is 38.1 Å². The molecule has 0 fully saturated rings. The molecule has 0 amide bonds. The fourth-order valence-electron chi connectivity index (χ4n) is 2.12. The molecule has 0 saturated carbocycles. The van der Waals surface area contributed by atoms with Crippen LogP contribution in [0.3, 0.4) is 0 Å². The van der Waals surface area contributed by atoms with Gasteiger partial charge in [0.25, 0.3) is 0 Å². The number of aliphatic hydroxyl groups is 1. The number of aryl methyl sites for hydroxylation is 1. The zero-order chi connectivity index (χ0) is 14.8. The Hall–Kier alpha value is -1.22. The minimum Gasteiger partial charge on any atom is -0.394 e. The van der Waals surface area contributed by atoms with Crippen molar-refractivity contribution in [3.63, 3.8) is 0 Å². The van der Waals surface area contributed by atoms with Crippen LogP contribution in [-0.2, 0) is 5.54 Å². The highest BCUT2D eigenvalue weighted by Crippen LogP contribution is 2.33. The zero-order valence-electron chi connectivity index (χ0n) is 11.5. The average Bonchev–Trinajstić information content (AvgIpc) is 2.44. The maximum atomic E-state index is 9.84. The van der Waals surface area contributed by atoms with Crippen molar-refractivity contribution in [3.8, 4) is 0 Å². The van der Waals surface area contributed by atoms with Crippen LogP contribution in [0.25, 0.3) is 0 Å². The highest BCUT2D eigenvalue weighted by atomic mass is 35.5. The first kappa shape index (κ1) is 15.2. The van der Waals surface area contributed by atoms with Crippen molar-refractivity contribution < 1.29 is 5.11 Å². The Morgan fingerprint density at radius 3 is 2.50 bits per heavy atom. The van der Waals surface area contributed by atoms with Gasteiger partial charge >= 0.3 is 0 Å². The Morgan fingerprint density at radius 1 is 1.15 bits per heavy atom. The monoisotopic (exact) mass is 309 g/mol. The van der Waals surface area contributed by atoms with Crippen LogP contribution in [0.1, 0.15) is 18.1 Å². The molecule has 0 saturated heterocycles. The fourth-order valence-corrected chi connectivity index (χ4v) is 2.62. The lowest BCUT2D eigenvalue weighted by molar-refractivity contribution is 0.224. The third-order valence-electron chi connectivity index (χ3n) is 3.39. The molecule has 2 aromatic carbocycles. The van der Waals surface area contributed by atoms with Crippen molar-refractivity contribution in [3.05, 3.63) is 63.6 Å². The number of hydrogen-bond donors (Lipinski definition) is 2. The second-order valence-electron chi connectivity index (χ2n) is 5.05. The molecule has 0 spiro atoms. The largest absolute Gasteiger partial charge is 0.394 e. The van der Waals surface area contributed by atoms with Gasteiger partial charge in [0, 0.05) is 15.7 Å². The van der Waals surface area contributed by atoms with Gasteiger partial charge in [-0.25, -0.2) is 0 Å². The van der Waals surface area contributed by atoms with Crippen molar-refractivity contribution in [2.45, 2.75) is 19.4 Å². The smallest absolute Gasteiger partial charge is 0.0843 e. The molecule has 0 aliphatic rings. The molecule has 0 heterocycles. The van der Waals surface area contributed by atoms with Gasteiger partial charge in [-0.3, -0.25) is 0 Å². The fraction of sp³-hybridized carbons (Fsp3) is 0.250. The summed E-state index contributed by atoms with van der Waals surface area (Å²) in [7, 11) is 0. The third-order valence-corrected chi connectivity index (χ3v) is 3.96. The SMILES string of the molecule is Cc1ccccc1NC(C)(CO)c1cc(Cl)ccc1Cl. The van der Waals surface area contributed by atoms with Gasteiger partial charge in [0.2, 0.25) is 0 Å². The molecule has 2 aromatic rings. The van der Waals surface area contributed by atoms with Crippen LogP contribution in [0.15, 0.2) is 42.5 Å². The Bertz CT molecular complexity index is 615. The van der Waals surface area contributed by atoms with Crippen molar-refractivity contribution in [2.24, 2.45) is 0 Å². The van der Waals surface area contributed by atoms with Gasteiger partial charge in [-0.15, -0.1) is 0 Å². The molecule has 0 bridgehead atoms. The molecule has 0 radical (unpaired) electrons. The Morgan fingerprint density at radius 2 is 1.85 bits per heavy atom. The second kappa shape index (κ2) is 6.04. The maximum Gasteiger partial charge on any atom is 0.0843 e. The molecular weight excluding hydrogens is 293 g/mol. The van der Waals surface area contributed by atoms with Crippen molar-refractivity contribution in [1.82, 2.24) is 0 Å². The first-order valence-electron chi connectivity index (χ1n) is 6.36. The van der Waals surface area contributed by atoms with E-state index in [1.165, 1.54) is 0 Å². The lowest BCUT2D eigenvalue weighted by Crippen LogP contribution is -2.36. The van der Waals surface area contributed by atoms with Gasteiger partial charge in [0.15, 0.2) is 0 Å². The molecule has 1 atom stereocenters. The zero-order valence-corrected chi connectivity index (χ0v) is 13.0. The normalized spacial score (nSPS) is 13.8. The minimum absolute atomic E-state index is 0.0958. The molecule has 2 N–H and O–H groups in total. The van der Waals surface area contributed by atoms with E-state index in [2.05, 4.69) is 5.32 Å². The molecule has 1 unspecified atom stereocenters. The summed E-state index contributed by atoms with van der Waals surface area (Å²) < 4.78 is 0. The lowest BCUT2D eigenvalue weighted by atomic mass is 9.92. The first-order valence-corrected chi connectivity index (χ1v) is 7.12. The van der Waals surface area contributed by atoms with Crippen LogP contribution >= 0.6 is 23.2 Å². The molecular formula is C16H17Cl2NO. The topological polar surface area (TPSA) is 32.3 Å². The predicted molar refractivity (Wildman–Crippen MR) is 85.7 cm³/mol. The number of rotatable bonds is 4. The van der Waals surface area contributed by atoms with E-state index in [1.54, 1.807) is 18.2 Å². The van der Waals surface area contributed by atoms with Crippen molar-refractivity contribution >= 4 is 28.9 Å². The number of hydrogen-bond acceptors (Lipinski definition) is 2. The summed E-state index contributed by atoms with van der Waals surface area (Å²) in [5.74, 6) is 0. The summed E-state index contributed by atoms with van der Waals surface area (Å²) in [4.78, 5) is 0. The highest BCUT2D eigenvalue weighted by Gasteiger charge is 2.28. The Kier molecular flexibility index (Phi) is 4.59. The summed E-state index contributed by atoms with van der Waals surface area (Å²) in [5, 5.41) is 14.4. The number of anilines is 1. The Balaban J connectivity index is 2.43. The van der Waals surface area contributed by atoms with Crippen molar-refractivity contribution in [1.29, 1.82) is 0 Å². The van der Waals surface area contributed by atoms with E-state index >= 15 is 0 Å². The molecule has 0 aliphatic carbocycles. The quantitative estimate of drug-likeness (QED) is 0.863. The van der Waals surface area contributed by atoms with Gasteiger partial charge in [-0.2, -0.15) is 0 Å². The number of halogens is 2. The third kappa shape index (κ3) is 3.09. The summed E-state index contributed by atoms with van der Waals surface area (Å²) in [6, 6.07) is 13.2. The van der Waals surface area contributed by atoms with E-state index in [0.717, 1.165) is 16.8 Å². The summed E-state index contributed by atoms with van der Waals surface area (Å²) >= 11 is 12.3.